The van der Waals surface area contributed by atoms with E-state index in [1.165, 1.54) is 23.5 Å². The van der Waals surface area contributed by atoms with Gasteiger partial charge in [-0.1, -0.05) is 12.1 Å². The van der Waals surface area contributed by atoms with Gasteiger partial charge in [0.25, 0.3) is 5.56 Å². The summed E-state index contributed by atoms with van der Waals surface area (Å²) in [7, 11) is 3.57. The Morgan fingerprint density at radius 2 is 1.83 bits per heavy atom. The molecule has 2 heterocycles. The summed E-state index contributed by atoms with van der Waals surface area (Å²) in [5, 5.41) is 0. The lowest BCUT2D eigenvalue weighted by Gasteiger charge is -2.16. The van der Waals surface area contributed by atoms with Gasteiger partial charge in [0.05, 0.1) is 19.2 Å². The van der Waals surface area contributed by atoms with Crippen molar-refractivity contribution in [3.05, 3.63) is 82.2 Å². The predicted octanol–water partition coefficient (Wildman–Crippen LogP) is 4.43. The molecule has 0 aliphatic carbocycles. The van der Waals surface area contributed by atoms with Crippen molar-refractivity contribution in [1.29, 1.82) is 0 Å². The van der Waals surface area contributed by atoms with Crippen LogP contribution in [0.15, 0.2) is 59.4 Å². The largest absolute Gasteiger partial charge is 0.497 e. The molecular formula is C22H20FN3O2S. The molecule has 2 aromatic heterocycles. The maximum absolute atomic E-state index is 13.1. The molecule has 148 valence electrons. The topological polar surface area (TPSA) is 58.2 Å². The van der Waals surface area contributed by atoms with E-state index in [4.69, 9.17) is 4.74 Å². The van der Waals surface area contributed by atoms with E-state index in [1.54, 1.807) is 19.2 Å². The van der Waals surface area contributed by atoms with E-state index in [0.717, 1.165) is 21.8 Å². The molecule has 5 nitrogen and oxygen atoms in total. The number of hydrogen-bond donors (Lipinski definition) is 1. The number of aromatic amines is 1. The van der Waals surface area contributed by atoms with Crippen molar-refractivity contribution in [3.8, 4) is 16.2 Å². The molecule has 0 fully saturated rings. The molecule has 0 radical (unpaired) electrons. The number of benzene rings is 2. The van der Waals surface area contributed by atoms with Crippen LogP contribution in [0.4, 0.5) is 4.39 Å². The van der Waals surface area contributed by atoms with E-state index < -0.39 is 0 Å². The van der Waals surface area contributed by atoms with E-state index in [-0.39, 0.29) is 11.4 Å². The summed E-state index contributed by atoms with van der Waals surface area (Å²) in [5.74, 6) is 1.14. The first-order chi connectivity index (χ1) is 14.0. The highest BCUT2D eigenvalue weighted by molar-refractivity contribution is 7.22. The van der Waals surface area contributed by atoms with E-state index in [9.17, 15) is 9.18 Å². The third kappa shape index (κ3) is 4.36. The third-order valence-electron chi connectivity index (χ3n) is 4.59. The molecule has 0 bridgehead atoms. The molecule has 7 heteroatoms. The Bertz CT molecular complexity index is 1180. The average Bonchev–Trinajstić information content (AvgIpc) is 3.14. The second-order valence-electron chi connectivity index (χ2n) is 6.86. The summed E-state index contributed by atoms with van der Waals surface area (Å²) in [6, 6.07) is 16.1. The van der Waals surface area contributed by atoms with Crippen LogP contribution in [0, 0.1) is 5.82 Å². The van der Waals surface area contributed by atoms with Crippen LogP contribution in [-0.4, -0.2) is 29.0 Å². The number of rotatable bonds is 6. The zero-order chi connectivity index (χ0) is 20.4. The van der Waals surface area contributed by atoms with Crippen LogP contribution in [0.1, 0.15) is 11.4 Å². The lowest BCUT2D eigenvalue weighted by Crippen LogP contribution is -2.21. The molecular weight excluding hydrogens is 389 g/mol. The normalized spacial score (nSPS) is 11.3. The summed E-state index contributed by atoms with van der Waals surface area (Å²) in [6.07, 6.45) is 0. The minimum atomic E-state index is -0.252. The Morgan fingerprint density at radius 3 is 2.52 bits per heavy atom. The lowest BCUT2D eigenvalue weighted by atomic mass is 10.2. The Hall–Kier alpha value is -3.03. The van der Waals surface area contributed by atoms with Crippen LogP contribution in [-0.2, 0) is 13.1 Å². The third-order valence-corrected chi connectivity index (χ3v) is 5.76. The monoisotopic (exact) mass is 409 g/mol. The number of methoxy groups -OCH3 is 1. The molecule has 29 heavy (non-hydrogen) atoms. The van der Waals surface area contributed by atoms with Crippen molar-refractivity contribution in [3.63, 3.8) is 0 Å². The lowest BCUT2D eigenvalue weighted by molar-refractivity contribution is 0.310. The van der Waals surface area contributed by atoms with E-state index in [2.05, 4.69) is 9.97 Å². The maximum atomic E-state index is 13.1. The van der Waals surface area contributed by atoms with Gasteiger partial charge in [0.15, 0.2) is 0 Å². The first-order valence-corrected chi connectivity index (χ1v) is 9.93. The highest BCUT2D eigenvalue weighted by Crippen LogP contribution is 2.31. The molecule has 0 saturated heterocycles. The van der Waals surface area contributed by atoms with Crippen LogP contribution in [0.3, 0.4) is 0 Å². The quantitative estimate of drug-likeness (QED) is 0.512. The standard InChI is InChI=1S/C22H20FN3O2S/c1-26(12-14-3-7-16(23)8-4-14)13-20-24-18-11-19(29-21(18)22(27)25-20)15-5-9-17(28-2)10-6-15/h3-11H,12-13H2,1-2H3,(H,24,25,27). The number of thiophene rings is 1. The second-order valence-corrected chi connectivity index (χ2v) is 7.92. The molecule has 0 atom stereocenters. The van der Waals surface area contributed by atoms with Gasteiger partial charge in [-0.3, -0.25) is 9.69 Å². The molecule has 4 aromatic rings. The van der Waals surface area contributed by atoms with Crippen LogP contribution in [0.2, 0.25) is 0 Å². The Morgan fingerprint density at radius 1 is 1.10 bits per heavy atom. The molecule has 0 unspecified atom stereocenters. The number of H-pyrrole nitrogens is 1. The average molecular weight is 409 g/mol. The Labute approximate surface area is 171 Å². The van der Waals surface area contributed by atoms with Crippen molar-refractivity contribution in [2.75, 3.05) is 14.2 Å². The number of ether oxygens (including phenoxy) is 1. The molecule has 1 N–H and O–H groups in total. The van der Waals surface area contributed by atoms with E-state index in [1.807, 2.05) is 42.3 Å². The molecule has 2 aromatic carbocycles. The van der Waals surface area contributed by atoms with Gasteiger partial charge >= 0.3 is 0 Å². The van der Waals surface area contributed by atoms with Crippen molar-refractivity contribution >= 4 is 21.6 Å². The van der Waals surface area contributed by atoms with Gasteiger partial charge in [-0.05, 0) is 60.6 Å². The SMILES string of the molecule is COc1ccc(-c2cc3nc(CN(C)Cc4ccc(F)cc4)[nH]c(=O)c3s2)cc1. The molecule has 0 saturated carbocycles. The van der Waals surface area contributed by atoms with Crippen LogP contribution < -0.4 is 10.3 Å². The van der Waals surface area contributed by atoms with Gasteiger partial charge < -0.3 is 9.72 Å². The zero-order valence-corrected chi connectivity index (χ0v) is 16.9. The molecule has 0 amide bonds. The summed E-state index contributed by atoms with van der Waals surface area (Å²) in [4.78, 5) is 23.1. The molecule has 0 aliphatic rings. The van der Waals surface area contributed by atoms with E-state index >= 15 is 0 Å². The van der Waals surface area contributed by atoms with Crippen LogP contribution in [0.25, 0.3) is 20.7 Å². The Kier molecular flexibility index (Phi) is 5.42. The number of nitrogens with zero attached hydrogens (tertiary/aromatic N) is 2. The number of nitrogens with one attached hydrogen (secondary N) is 1. The maximum Gasteiger partial charge on any atom is 0.268 e. The van der Waals surface area contributed by atoms with Gasteiger partial charge in [0.2, 0.25) is 0 Å². The summed E-state index contributed by atoms with van der Waals surface area (Å²) in [6.45, 7) is 1.11. The molecule has 0 spiro atoms. The van der Waals surface area contributed by atoms with Gasteiger partial charge in [0, 0.05) is 11.4 Å². The second kappa shape index (κ2) is 8.14. The molecule has 0 aliphatic heterocycles. The van der Waals surface area contributed by atoms with Gasteiger partial charge in [-0.15, -0.1) is 11.3 Å². The predicted molar refractivity (Wildman–Crippen MR) is 114 cm³/mol. The number of hydrogen-bond acceptors (Lipinski definition) is 5. The van der Waals surface area contributed by atoms with Gasteiger partial charge in [0.1, 0.15) is 22.1 Å². The van der Waals surface area contributed by atoms with Crippen molar-refractivity contribution < 1.29 is 9.13 Å². The van der Waals surface area contributed by atoms with Crippen molar-refractivity contribution in [2.45, 2.75) is 13.1 Å². The minimum Gasteiger partial charge on any atom is -0.497 e. The van der Waals surface area contributed by atoms with Crippen molar-refractivity contribution in [1.82, 2.24) is 14.9 Å². The van der Waals surface area contributed by atoms with Gasteiger partial charge in [-0.25, -0.2) is 9.37 Å². The summed E-state index contributed by atoms with van der Waals surface area (Å²) < 4.78 is 18.9. The summed E-state index contributed by atoms with van der Waals surface area (Å²) >= 11 is 1.43. The van der Waals surface area contributed by atoms with Crippen molar-refractivity contribution in [2.24, 2.45) is 0 Å². The van der Waals surface area contributed by atoms with Crippen LogP contribution in [0.5, 0.6) is 5.75 Å². The number of fused-ring (bicyclic) bond motifs is 1. The Balaban J connectivity index is 1.56. The fourth-order valence-electron chi connectivity index (χ4n) is 3.17. The number of halogens is 1. The zero-order valence-electron chi connectivity index (χ0n) is 16.1. The minimum absolute atomic E-state index is 0.134. The fourth-order valence-corrected chi connectivity index (χ4v) is 4.17. The van der Waals surface area contributed by atoms with Crippen LogP contribution >= 0.6 is 11.3 Å². The smallest absolute Gasteiger partial charge is 0.268 e. The van der Waals surface area contributed by atoms with Gasteiger partial charge in [-0.2, -0.15) is 0 Å². The highest BCUT2D eigenvalue weighted by Gasteiger charge is 2.12. The first kappa shape index (κ1) is 19.3. The highest BCUT2D eigenvalue weighted by atomic mass is 32.1. The summed E-state index contributed by atoms with van der Waals surface area (Å²) in [5.41, 5.74) is 2.57. The first-order valence-electron chi connectivity index (χ1n) is 9.12. The molecule has 4 rings (SSSR count). The number of aromatic nitrogens is 2. The fraction of sp³-hybridized carbons (Fsp3) is 0.182. The van der Waals surface area contributed by atoms with E-state index in [0.29, 0.717) is 29.1 Å².